The molecule has 0 saturated heterocycles. The van der Waals surface area contributed by atoms with Gasteiger partial charge in [-0.15, -0.1) is 0 Å². The van der Waals surface area contributed by atoms with Gasteiger partial charge in [-0.2, -0.15) is 0 Å². The van der Waals surface area contributed by atoms with Gasteiger partial charge in [0.15, 0.2) is 0 Å². The Morgan fingerprint density at radius 3 is 2.04 bits per heavy atom. The van der Waals surface area contributed by atoms with E-state index in [1.165, 1.54) is 25.7 Å². The number of hydrogen-bond acceptors (Lipinski definition) is 3. The summed E-state index contributed by atoms with van der Waals surface area (Å²) in [5, 5.41) is 10.6. The summed E-state index contributed by atoms with van der Waals surface area (Å²) in [6.45, 7) is 6.58. The number of rotatable bonds is 6. The molecule has 2 rings (SSSR count). The van der Waals surface area contributed by atoms with Gasteiger partial charge in [-0.25, -0.2) is 0 Å². The molecule has 2 aliphatic carbocycles. The minimum Gasteiger partial charge on any atom is -0.462 e. The third-order valence-electron chi connectivity index (χ3n) is 5.84. The first-order valence-electron chi connectivity index (χ1n) is 9.76. The Hall–Kier alpha value is -0.353. The van der Waals surface area contributed by atoms with Crippen molar-refractivity contribution >= 4 is 14.0 Å². The molecule has 0 aromatic heterocycles. The van der Waals surface area contributed by atoms with Crippen LogP contribution in [0.3, 0.4) is 0 Å². The second kappa shape index (κ2) is 8.66. The molecular formula is C19H36O3Si. The van der Waals surface area contributed by atoms with E-state index in [1.54, 1.807) is 0 Å². The smallest absolute Gasteiger partial charge is 0.309 e. The van der Waals surface area contributed by atoms with Gasteiger partial charge < -0.3 is 9.84 Å². The molecule has 23 heavy (non-hydrogen) atoms. The highest BCUT2D eigenvalue weighted by Gasteiger charge is 2.35. The van der Waals surface area contributed by atoms with Crippen LogP contribution < -0.4 is 0 Å². The molecule has 0 bridgehead atoms. The summed E-state index contributed by atoms with van der Waals surface area (Å²) in [6, 6.07) is 0. The first-order valence-corrected chi connectivity index (χ1v) is 13.3. The Balaban J connectivity index is 1.98. The second-order valence-corrected chi connectivity index (χ2v) is 14.2. The van der Waals surface area contributed by atoms with Crippen LogP contribution in [0.25, 0.3) is 0 Å². The zero-order valence-electron chi connectivity index (χ0n) is 15.4. The summed E-state index contributed by atoms with van der Waals surface area (Å²) in [5.74, 6) is 0.587. The summed E-state index contributed by atoms with van der Waals surface area (Å²) >= 11 is 0. The first kappa shape index (κ1) is 19.0. The maximum absolute atomic E-state index is 12.6. The van der Waals surface area contributed by atoms with E-state index in [0.717, 1.165) is 38.5 Å². The normalized spacial score (nSPS) is 24.2. The molecule has 0 spiro atoms. The van der Waals surface area contributed by atoms with Crippen LogP contribution in [-0.4, -0.2) is 31.0 Å². The van der Waals surface area contributed by atoms with Gasteiger partial charge in [0.2, 0.25) is 0 Å². The maximum atomic E-state index is 12.6. The minimum atomic E-state index is -1.61. The van der Waals surface area contributed by atoms with Crippen LogP contribution >= 0.6 is 0 Å². The largest absolute Gasteiger partial charge is 0.462 e. The van der Waals surface area contributed by atoms with Gasteiger partial charge in [-0.05, 0) is 31.6 Å². The van der Waals surface area contributed by atoms with Crippen molar-refractivity contribution in [1.82, 2.24) is 0 Å². The molecule has 2 fully saturated rings. The number of hydrogen-bond donors (Lipinski definition) is 1. The van der Waals surface area contributed by atoms with E-state index >= 15 is 0 Å². The molecule has 0 amide bonds. The van der Waals surface area contributed by atoms with E-state index in [1.807, 2.05) is 0 Å². The predicted molar refractivity (Wildman–Crippen MR) is 97.0 cm³/mol. The van der Waals surface area contributed by atoms with Crippen LogP contribution in [0.5, 0.6) is 0 Å². The fraction of sp³-hybridized carbons (Fsp3) is 0.947. The van der Waals surface area contributed by atoms with Crippen LogP contribution in [-0.2, 0) is 9.53 Å². The molecule has 2 atom stereocenters. The van der Waals surface area contributed by atoms with Gasteiger partial charge in [0.25, 0.3) is 0 Å². The molecule has 0 radical (unpaired) electrons. The van der Waals surface area contributed by atoms with Crippen molar-refractivity contribution in [3.8, 4) is 0 Å². The molecule has 0 aromatic carbocycles. The highest BCUT2D eigenvalue weighted by Crippen LogP contribution is 2.33. The quantitative estimate of drug-likeness (QED) is 0.564. The van der Waals surface area contributed by atoms with Crippen LogP contribution in [0.2, 0.25) is 19.6 Å². The zero-order chi connectivity index (χ0) is 16.9. The van der Waals surface area contributed by atoms with Gasteiger partial charge in [-0.3, -0.25) is 4.79 Å². The molecule has 0 heterocycles. The van der Waals surface area contributed by atoms with Gasteiger partial charge in [-0.1, -0.05) is 58.2 Å². The van der Waals surface area contributed by atoms with Gasteiger partial charge in [0.05, 0.1) is 14.0 Å². The Bertz CT molecular complexity index is 365. The molecule has 2 aliphatic rings. The van der Waals surface area contributed by atoms with Crippen molar-refractivity contribution in [2.45, 2.75) is 102 Å². The summed E-state index contributed by atoms with van der Waals surface area (Å²) < 4.78 is 6.02. The average molecular weight is 341 g/mol. The van der Waals surface area contributed by atoms with Gasteiger partial charge in [0.1, 0.15) is 6.10 Å². The van der Waals surface area contributed by atoms with Crippen molar-refractivity contribution in [3.05, 3.63) is 0 Å². The lowest BCUT2D eigenvalue weighted by Gasteiger charge is -2.35. The number of carbonyl (C=O) groups is 1. The van der Waals surface area contributed by atoms with E-state index in [-0.39, 0.29) is 23.7 Å². The van der Waals surface area contributed by atoms with Crippen LogP contribution in [0.15, 0.2) is 0 Å². The topological polar surface area (TPSA) is 46.5 Å². The molecule has 0 aliphatic heterocycles. The Kier molecular flexibility index (Phi) is 7.14. The number of ether oxygens (including phenoxy) is 1. The standard InChI is InChI=1S/C19H36O3Si/c1-23(2,3)18(20)14-17(15-10-6-4-7-11-15)22-19(21)16-12-8-5-9-13-16/h15-18,20H,4-14H2,1-3H3/t17-,18+/m1/s1. The van der Waals surface area contributed by atoms with Gasteiger partial charge in [0, 0.05) is 12.1 Å². The average Bonchev–Trinajstić information content (AvgIpc) is 2.55. The molecule has 0 unspecified atom stereocenters. The fourth-order valence-corrected chi connectivity index (χ4v) is 4.94. The summed E-state index contributed by atoms with van der Waals surface area (Å²) in [4.78, 5) is 12.6. The fourth-order valence-electron chi connectivity index (χ4n) is 4.00. The molecule has 134 valence electrons. The van der Waals surface area contributed by atoms with Crippen molar-refractivity contribution < 1.29 is 14.6 Å². The highest BCUT2D eigenvalue weighted by atomic mass is 28.3. The van der Waals surface area contributed by atoms with Gasteiger partial charge >= 0.3 is 5.97 Å². The number of aliphatic hydroxyl groups is 1. The third-order valence-corrected chi connectivity index (χ3v) is 8.07. The lowest BCUT2D eigenvalue weighted by molar-refractivity contribution is -0.160. The zero-order valence-corrected chi connectivity index (χ0v) is 16.4. The monoisotopic (exact) mass is 340 g/mol. The lowest BCUT2D eigenvalue weighted by Crippen LogP contribution is -2.43. The molecule has 3 nitrogen and oxygen atoms in total. The number of carbonyl (C=O) groups excluding carboxylic acids is 1. The molecule has 4 heteroatoms. The molecule has 2 saturated carbocycles. The Morgan fingerprint density at radius 2 is 1.52 bits per heavy atom. The lowest BCUT2D eigenvalue weighted by atomic mass is 9.83. The number of esters is 1. The third kappa shape index (κ3) is 5.90. The summed E-state index contributed by atoms with van der Waals surface area (Å²) in [7, 11) is -1.61. The van der Waals surface area contributed by atoms with Crippen LogP contribution in [0.1, 0.15) is 70.6 Å². The van der Waals surface area contributed by atoms with Crippen molar-refractivity contribution in [1.29, 1.82) is 0 Å². The Labute approximate surface area is 143 Å². The predicted octanol–water partition coefficient (Wildman–Crippen LogP) is 4.69. The first-order chi connectivity index (χ1) is 10.9. The SMILES string of the molecule is C[Si](C)(C)[C@H](O)C[C@@H](OC(=O)C1CCCCC1)C1CCCCC1. The Morgan fingerprint density at radius 1 is 1.00 bits per heavy atom. The second-order valence-electron chi connectivity index (χ2n) is 8.83. The van der Waals surface area contributed by atoms with Crippen molar-refractivity contribution in [2.75, 3.05) is 0 Å². The molecular weight excluding hydrogens is 304 g/mol. The summed E-state index contributed by atoms with van der Waals surface area (Å²) in [5.41, 5.74) is -0.284. The molecule has 1 N–H and O–H groups in total. The van der Waals surface area contributed by atoms with Crippen molar-refractivity contribution in [2.24, 2.45) is 11.8 Å². The van der Waals surface area contributed by atoms with Crippen LogP contribution in [0, 0.1) is 11.8 Å². The molecule has 0 aromatic rings. The highest BCUT2D eigenvalue weighted by molar-refractivity contribution is 6.77. The van der Waals surface area contributed by atoms with E-state index in [2.05, 4.69) is 19.6 Å². The van der Waals surface area contributed by atoms with E-state index in [4.69, 9.17) is 4.74 Å². The maximum Gasteiger partial charge on any atom is 0.309 e. The van der Waals surface area contributed by atoms with E-state index < -0.39 is 8.07 Å². The minimum absolute atomic E-state index is 0.0167. The summed E-state index contributed by atoms with van der Waals surface area (Å²) in [6.07, 6.45) is 12.2. The van der Waals surface area contributed by atoms with Crippen LogP contribution in [0.4, 0.5) is 0 Å². The van der Waals surface area contributed by atoms with Crippen molar-refractivity contribution in [3.63, 3.8) is 0 Å². The number of aliphatic hydroxyl groups excluding tert-OH is 1. The van der Waals surface area contributed by atoms with E-state index in [0.29, 0.717) is 12.3 Å². The van der Waals surface area contributed by atoms with E-state index in [9.17, 15) is 9.90 Å².